The Kier molecular flexibility index (Phi) is 4.37. The number of aliphatic hydroxyl groups excluding tert-OH is 1. The number of rotatable bonds is 3. The van der Waals surface area contributed by atoms with E-state index in [0.717, 1.165) is 10.0 Å². The van der Waals surface area contributed by atoms with Crippen LogP contribution in [0.1, 0.15) is 5.56 Å². The second-order valence-corrected chi connectivity index (χ2v) is 5.37. The predicted octanol–water partition coefficient (Wildman–Crippen LogP) is 4.64. The molecule has 0 spiro atoms. The van der Waals surface area contributed by atoms with Crippen LogP contribution in [0.3, 0.4) is 0 Å². The molecule has 2 rings (SSSR count). The zero-order valence-corrected chi connectivity index (χ0v) is 12.3. The molecule has 2 nitrogen and oxygen atoms in total. The van der Waals surface area contributed by atoms with Crippen molar-refractivity contribution >= 4 is 31.9 Å². The maximum Gasteiger partial charge on any atom is 0.165 e. The fourth-order valence-electron chi connectivity index (χ4n) is 1.40. The van der Waals surface area contributed by atoms with Crippen molar-refractivity contribution in [3.05, 3.63) is 56.7 Å². The van der Waals surface area contributed by atoms with E-state index in [0.29, 0.717) is 10.2 Å². The van der Waals surface area contributed by atoms with E-state index in [1.165, 1.54) is 6.07 Å². The van der Waals surface area contributed by atoms with Crippen molar-refractivity contribution in [3.63, 3.8) is 0 Å². The van der Waals surface area contributed by atoms with Crippen LogP contribution in [0.25, 0.3) is 0 Å². The molecular weight excluding hydrogens is 367 g/mol. The lowest BCUT2D eigenvalue weighted by Gasteiger charge is -2.09. The van der Waals surface area contributed by atoms with Crippen LogP contribution < -0.4 is 4.74 Å². The third kappa shape index (κ3) is 3.10. The van der Waals surface area contributed by atoms with Crippen LogP contribution in [0.5, 0.6) is 11.5 Å². The van der Waals surface area contributed by atoms with Crippen LogP contribution in [0.4, 0.5) is 4.39 Å². The largest absolute Gasteiger partial charge is 0.453 e. The van der Waals surface area contributed by atoms with Crippen LogP contribution in [0.2, 0.25) is 0 Å². The number of ether oxygens (including phenoxy) is 1. The molecule has 0 radical (unpaired) electrons. The standard InChI is InChI=1S/C13H9Br2FO2/c14-9-2-3-11(16)13(6-9)18-12-4-1-8(7-17)5-10(12)15/h1-6,17H,7H2. The fraction of sp³-hybridized carbons (Fsp3) is 0.0769. The first-order valence-corrected chi connectivity index (χ1v) is 6.71. The Bertz CT molecular complexity index is 573. The van der Waals surface area contributed by atoms with E-state index in [1.54, 1.807) is 30.3 Å². The number of aliphatic hydroxyl groups is 1. The molecule has 0 aliphatic carbocycles. The summed E-state index contributed by atoms with van der Waals surface area (Å²) in [5, 5.41) is 9.00. The minimum Gasteiger partial charge on any atom is -0.453 e. The number of benzene rings is 2. The van der Waals surface area contributed by atoms with Gasteiger partial charge in [-0.05, 0) is 51.8 Å². The summed E-state index contributed by atoms with van der Waals surface area (Å²) >= 11 is 6.58. The Balaban J connectivity index is 2.31. The Hall–Kier alpha value is -0.910. The average Bonchev–Trinajstić information content (AvgIpc) is 2.36. The average molecular weight is 376 g/mol. The van der Waals surface area contributed by atoms with Gasteiger partial charge in [0.25, 0.3) is 0 Å². The second kappa shape index (κ2) is 5.82. The van der Waals surface area contributed by atoms with Crippen molar-refractivity contribution in [1.29, 1.82) is 0 Å². The zero-order chi connectivity index (χ0) is 13.1. The molecule has 18 heavy (non-hydrogen) atoms. The van der Waals surface area contributed by atoms with Gasteiger partial charge in [-0.15, -0.1) is 0 Å². The van der Waals surface area contributed by atoms with Crippen LogP contribution >= 0.6 is 31.9 Å². The summed E-state index contributed by atoms with van der Waals surface area (Å²) in [6.07, 6.45) is 0. The molecule has 0 amide bonds. The van der Waals surface area contributed by atoms with Gasteiger partial charge in [0.05, 0.1) is 11.1 Å². The molecule has 0 aromatic heterocycles. The quantitative estimate of drug-likeness (QED) is 0.847. The first-order chi connectivity index (χ1) is 8.60. The summed E-state index contributed by atoms with van der Waals surface area (Å²) in [5.41, 5.74) is 0.754. The van der Waals surface area contributed by atoms with E-state index < -0.39 is 5.82 Å². The van der Waals surface area contributed by atoms with Gasteiger partial charge >= 0.3 is 0 Å². The lowest BCUT2D eigenvalue weighted by atomic mass is 10.2. The van der Waals surface area contributed by atoms with Crippen molar-refractivity contribution in [2.75, 3.05) is 0 Å². The van der Waals surface area contributed by atoms with Gasteiger partial charge in [0, 0.05) is 4.47 Å². The van der Waals surface area contributed by atoms with Gasteiger partial charge in [-0.25, -0.2) is 4.39 Å². The smallest absolute Gasteiger partial charge is 0.165 e. The molecular formula is C13H9Br2FO2. The van der Waals surface area contributed by atoms with E-state index in [-0.39, 0.29) is 12.4 Å². The predicted molar refractivity (Wildman–Crippen MR) is 74.2 cm³/mol. The molecule has 1 N–H and O–H groups in total. The monoisotopic (exact) mass is 374 g/mol. The molecule has 0 atom stereocenters. The third-order valence-electron chi connectivity index (χ3n) is 2.29. The molecule has 0 bridgehead atoms. The van der Waals surface area contributed by atoms with E-state index >= 15 is 0 Å². The summed E-state index contributed by atoms with van der Waals surface area (Å²) in [4.78, 5) is 0. The SMILES string of the molecule is OCc1ccc(Oc2cc(Br)ccc2F)c(Br)c1. The molecule has 0 aliphatic rings. The highest BCUT2D eigenvalue weighted by Crippen LogP contribution is 2.33. The normalized spacial score (nSPS) is 10.4. The van der Waals surface area contributed by atoms with Crippen molar-refractivity contribution < 1.29 is 14.2 Å². The molecule has 94 valence electrons. The van der Waals surface area contributed by atoms with E-state index in [4.69, 9.17) is 9.84 Å². The molecule has 0 saturated carbocycles. The van der Waals surface area contributed by atoms with Gasteiger partial charge in [-0.1, -0.05) is 22.0 Å². The van der Waals surface area contributed by atoms with Gasteiger partial charge in [0.1, 0.15) is 5.75 Å². The highest BCUT2D eigenvalue weighted by Gasteiger charge is 2.08. The van der Waals surface area contributed by atoms with E-state index in [1.807, 2.05) is 0 Å². The first kappa shape index (κ1) is 13.5. The van der Waals surface area contributed by atoms with Crippen molar-refractivity contribution in [2.45, 2.75) is 6.61 Å². The third-order valence-corrected chi connectivity index (χ3v) is 3.40. The van der Waals surface area contributed by atoms with Crippen LogP contribution in [-0.2, 0) is 6.61 Å². The Morgan fingerprint density at radius 2 is 1.83 bits per heavy atom. The maximum atomic E-state index is 13.5. The highest BCUT2D eigenvalue weighted by atomic mass is 79.9. The molecule has 0 saturated heterocycles. The van der Waals surface area contributed by atoms with Gasteiger partial charge in [0.2, 0.25) is 0 Å². The molecule has 0 unspecified atom stereocenters. The topological polar surface area (TPSA) is 29.5 Å². The summed E-state index contributed by atoms with van der Waals surface area (Å²) in [5.74, 6) is 0.197. The summed E-state index contributed by atoms with van der Waals surface area (Å²) < 4.78 is 20.4. The molecule has 0 fully saturated rings. The zero-order valence-electron chi connectivity index (χ0n) is 9.16. The lowest BCUT2D eigenvalue weighted by molar-refractivity contribution is 0.281. The van der Waals surface area contributed by atoms with Gasteiger partial charge in [-0.3, -0.25) is 0 Å². The van der Waals surface area contributed by atoms with E-state index in [9.17, 15) is 4.39 Å². The fourth-order valence-corrected chi connectivity index (χ4v) is 2.25. The number of hydrogen-bond donors (Lipinski definition) is 1. The van der Waals surface area contributed by atoms with Crippen molar-refractivity contribution in [3.8, 4) is 11.5 Å². The van der Waals surface area contributed by atoms with Crippen molar-refractivity contribution in [1.82, 2.24) is 0 Å². The first-order valence-electron chi connectivity index (χ1n) is 5.12. The molecule has 0 heterocycles. The van der Waals surface area contributed by atoms with Gasteiger partial charge < -0.3 is 9.84 Å². The minimum absolute atomic E-state index is 0.0515. The Morgan fingerprint density at radius 3 is 2.50 bits per heavy atom. The lowest BCUT2D eigenvalue weighted by Crippen LogP contribution is -1.91. The number of hydrogen-bond acceptors (Lipinski definition) is 2. The van der Waals surface area contributed by atoms with Crippen LogP contribution in [-0.4, -0.2) is 5.11 Å². The number of halogens is 3. The Labute approximate surface area is 121 Å². The highest BCUT2D eigenvalue weighted by molar-refractivity contribution is 9.10. The van der Waals surface area contributed by atoms with Crippen LogP contribution in [0.15, 0.2) is 45.3 Å². The summed E-state index contributed by atoms with van der Waals surface area (Å²) in [7, 11) is 0. The second-order valence-electron chi connectivity index (χ2n) is 3.60. The Morgan fingerprint density at radius 1 is 1.06 bits per heavy atom. The van der Waals surface area contributed by atoms with Gasteiger partial charge in [-0.2, -0.15) is 0 Å². The molecule has 0 aliphatic heterocycles. The van der Waals surface area contributed by atoms with Crippen molar-refractivity contribution in [2.24, 2.45) is 0 Å². The summed E-state index contributed by atoms with van der Waals surface area (Å²) in [6.45, 7) is -0.0515. The molecule has 2 aromatic carbocycles. The maximum absolute atomic E-state index is 13.5. The molecule has 5 heteroatoms. The molecule has 2 aromatic rings. The van der Waals surface area contributed by atoms with Crippen LogP contribution in [0, 0.1) is 5.82 Å². The van der Waals surface area contributed by atoms with Gasteiger partial charge in [0.15, 0.2) is 11.6 Å². The summed E-state index contributed by atoms with van der Waals surface area (Å²) in [6, 6.07) is 9.61. The van der Waals surface area contributed by atoms with E-state index in [2.05, 4.69) is 31.9 Å². The minimum atomic E-state index is -0.434.